The molecule has 1 amide bonds. The molecular weight excluding hydrogens is 292 g/mol. The monoisotopic (exact) mass is 306 g/mol. The van der Waals surface area contributed by atoms with Gasteiger partial charge in [0.1, 0.15) is 6.07 Å². The molecule has 1 aromatic carbocycles. The van der Waals surface area contributed by atoms with Crippen LogP contribution < -0.4 is 10.1 Å². The van der Waals surface area contributed by atoms with Crippen LogP contribution in [-0.4, -0.2) is 21.9 Å². The minimum Gasteiger partial charge on any atom is -0.480 e. The summed E-state index contributed by atoms with van der Waals surface area (Å²) in [7, 11) is 0. The molecular formula is C17H14N4O2. The number of amides is 1. The van der Waals surface area contributed by atoms with E-state index in [4.69, 9.17) is 10.00 Å². The normalized spacial score (nSPS) is 10.3. The number of rotatable bonds is 4. The van der Waals surface area contributed by atoms with Gasteiger partial charge in [-0.25, -0.2) is 4.98 Å². The predicted molar refractivity (Wildman–Crippen MR) is 85.2 cm³/mol. The van der Waals surface area contributed by atoms with Crippen LogP contribution in [0.1, 0.15) is 11.3 Å². The van der Waals surface area contributed by atoms with Gasteiger partial charge in [-0.15, -0.1) is 0 Å². The Kier molecular flexibility index (Phi) is 3.93. The average molecular weight is 306 g/mol. The maximum Gasteiger partial charge on any atom is 0.262 e. The molecule has 0 aliphatic heterocycles. The third-order valence-corrected chi connectivity index (χ3v) is 3.25. The standard InChI is InChI=1S/C17H14N4O2/c1-12-10-21-8-4-7-15(17(21)19-12)23-11-16(22)20-14-6-3-2-5-13(14)9-18/h2-8,10H,11H2,1H3,(H,20,22). The Hall–Kier alpha value is -3.33. The van der Waals surface area contributed by atoms with Gasteiger partial charge in [0.2, 0.25) is 0 Å². The van der Waals surface area contributed by atoms with Crippen molar-refractivity contribution in [3.8, 4) is 11.8 Å². The zero-order valence-electron chi connectivity index (χ0n) is 12.5. The van der Waals surface area contributed by atoms with Crippen molar-refractivity contribution in [2.75, 3.05) is 11.9 Å². The molecule has 6 heteroatoms. The Balaban J connectivity index is 1.70. The molecule has 114 valence electrons. The maximum absolute atomic E-state index is 12.0. The van der Waals surface area contributed by atoms with E-state index in [1.54, 1.807) is 30.3 Å². The first-order chi connectivity index (χ1) is 11.2. The fourth-order valence-corrected chi connectivity index (χ4v) is 2.24. The number of nitriles is 1. The number of fused-ring (bicyclic) bond motifs is 1. The second kappa shape index (κ2) is 6.20. The number of benzene rings is 1. The van der Waals surface area contributed by atoms with Crippen molar-refractivity contribution < 1.29 is 9.53 Å². The van der Waals surface area contributed by atoms with Gasteiger partial charge in [0, 0.05) is 12.4 Å². The van der Waals surface area contributed by atoms with Crippen molar-refractivity contribution in [1.29, 1.82) is 5.26 Å². The Morgan fingerprint density at radius 1 is 1.35 bits per heavy atom. The van der Waals surface area contributed by atoms with Gasteiger partial charge in [-0.05, 0) is 31.2 Å². The van der Waals surface area contributed by atoms with E-state index >= 15 is 0 Å². The van der Waals surface area contributed by atoms with E-state index in [0.29, 0.717) is 22.6 Å². The summed E-state index contributed by atoms with van der Waals surface area (Å²) in [4.78, 5) is 16.4. The maximum atomic E-state index is 12.0. The van der Waals surface area contributed by atoms with E-state index in [1.807, 2.05) is 35.9 Å². The number of hydrogen-bond acceptors (Lipinski definition) is 4. The second-order valence-corrected chi connectivity index (χ2v) is 4.98. The topological polar surface area (TPSA) is 79.4 Å². The highest BCUT2D eigenvalue weighted by molar-refractivity contribution is 5.93. The number of carbonyl (C=O) groups is 1. The number of pyridine rings is 1. The number of nitrogens with zero attached hydrogens (tertiary/aromatic N) is 3. The average Bonchev–Trinajstić information content (AvgIpc) is 2.94. The lowest BCUT2D eigenvalue weighted by molar-refractivity contribution is -0.118. The molecule has 0 fully saturated rings. The quantitative estimate of drug-likeness (QED) is 0.803. The Bertz CT molecular complexity index is 908. The smallest absolute Gasteiger partial charge is 0.262 e. The highest BCUT2D eigenvalue weighted by atomic mass is 16.5. The van der Waals surface area contributed by atoms with Crippen molar-refractivity contribution in [2.24, 2.45) is 0 Å². The summed E-state index contributed by atoms with van der Waals surface area (Å²) in [6.07, 6.45) is 3.75. The van der Waals surface area contributed by atoms with Crippen molar-refractivity contribution in [2.45, 2.75) is 6.92 Å². The zero-order valence-corrected chi connectivity index (χ0v) is 12.5. The van der Waals surface area contributed by atoms with Crippen LogP contribution in [0.5, 0.6) is 5.75 Å². The van der Waals surface area contributed by atoms with Gasteiger partial charge in [0.05, 0.1) is 16.9 Å². The van der Waals surface area contributed by atoms with Crippen LogP contribution in [0.15, 0.2) is 48.8 Å². The highest BCUT2D eigenvalue weighted by Gasteiger charge is 2.10. The van der Waals surface area contributed by atoms with Crippen LogP contribution in [0.3, 0.4) is 0 Å². The molecule has 0 saturated carbocycles. The van der Waals surface area contributed by atoms with Crippen LogP contribution in [0.4, 0.5) is 5.69 Å². The third kappa shape index (κ3) is 3.14. The molecule has 3 aromatic rings. The second-order valence-electron chi connectivity index (χ2n) is 4.98. The number of hydrogen-bond donors (Lipinski definition) is 1. The van der Waals surface area contributed by atoms with E-state index in [1.165, 1.54) is 0 Å². The van der Waals surface area contributed by atoms with Gasteiger partial charge in [-0.2, -0.15) is 5.26 Å². The number of anilines is 1. The van der Waals surface area contributed by atoms with Crippen LogP contribution in [-0.2, 0) is 4.79 Å². The van der Waals surface area contributed by atoms with Gasteiger partial charge in [0.25, 0.3) is 5.91 Å². The van der Waals surface area contributed by atoms with Gasteiger partial charge >= 0.3 is 0 Å². The van der Waals surface area contributed by atoms with Crippen LogP contribution >= 0.6 is 0 Å². The summed E-state index contributed by atoms with van der Waals surface area (Å²) >= 11 is 0. The molecule has 0 atom stereocenters. The van der Waals surface area contributed by atoms with Crippen LogP contribution in [0.25, 0.3) is 5.65 Å². The van der Waals surface area contributed by atoms with Crippen LogP contribution in [0, 0.1) is 18.3 Å². The number of nitrogens with one attached hydrogen (secondary N) is 1. The summed E-state index contributed by atoms with van der Waals surface area (Å²) in [5, 5.41) is 11.7. The molecule has 0 unspecified atom stereocenters. The summed E-state index contributed by atoms with van der Waals surface area (Å²) < 4.78 is 7.40. The first-order valence-corrected chi connectivity index (χ1v) is 7.03. The van der Waals surface area contributed by atoms with E-state index in [2.05, 4.69) is 10.3 Å². The zero-order chi connectivity index (χ0) is 16.2. The number of imidazole rings is 1. The molecule has 0 saturated heterocycles. The van der Waals surface area contributed by atoms with E-state index in [9.17, 15) is 4.79 Å². The Labute approximate surface area is 133 Å². The minimum atomic E-state index is -0.335. The number of para-hydroxylation sites is 1. The van der Waals surface area contributed by atoms with E-state index in [-0.39, 0.29) is 12.5 Å². The fraction of sp³-hybridized carbons (Fsp3) is 0.118. The molecule has 1 N–H and O–H groups in total. The van der Waals surface area contributed by atoms with Gasteiger partial charge in [-0.3, -0.25) is 4.79 Å². The molecule has 0 aliphatic rings. The number of aryl methyl sites for hydroxylation is 1. The molecule has 0 aliphatic carbocycles. The molecule has 2 heterocycles. The van der Waals surface area contributed by atoms with Crippen molar-refractivity contribution >= 4 is 17.2 Å². The lowest BCUT2D eigenvalue weighted by atomic mass is 10.2. The lowest BCUT2D eigenvalue weighted by Gasteiger charge is -2.09. The molecule has 2 aromatic heterocycles. The molecule has 3 rings (SSSR count). The number of carbonyl (C=O) groups excluding carboxylic acids is 1. The van der Waals surface area contributed by atoms with Crippen molar-refractivity contribution in [3.05, 3.63) is 60.0 Å². The molecule has 23 heavy (non-hydrogen) atoms. The largest absolute Gasteiger partial charge is 0.480 e. The van der Waals surface area contributed by atoms with Crippen LogP contribution in [0.2, 0.25) is 0 Å². The molecule has 6 nitrogen and oxygen atoms in total. The molecule has 0 bridgehead atoms. The summed E-state index contributed by atoms with van der Waals surface area (Å²) in [6.45, 7) is 1.73. The number of ether oxygens (including phenoxy) is 1. The predicted octanol–water partition coefficient (Wildman–Crippen LogP) is 2.53. The number of aromatic nitrogens is 2. The SMILES string of the molecule is Cc1cn2cccc(OCC(=O)Nc3ccccc3C#N)c2n1. The highest BCUT2D eigenvalue weighted by Crippen LogP contribution is 2.19. The first-order valence-electron chi connectivity index (χ1n) is 7.03. The summed E-state index contributed by atoms with van der Waals surface area (Å²) in [5.74, 6) is 0.197. The van der Waals surface area contributed by atoms with Gasteiger partial charge < -0.3 is 14.5 Å². The van der Waals surface area contributed by atoms with Gasteiger partial charge in [0.15, 0.2) is 18.0 Å². The Morgan fingerprint density at radius 2 is 2.17 bits per heavy atom. The summed E-state index contributed by atoms with van der Waals surface area (Å²) in [6, 6.07) is 12.4. The molecule has 0 spiro atoms. The molecule has 0 radical (unpaired) electrons. The summed E-state index contributed by atoms with van der Waals surface area (Å²) in [5.41, 5.74) is 2.41. The Morgan fingerprint density at radius 3 is 3.00 bits per heavy atom. The van der Waals surface area contributed by atoms with E-state index in [0.717, 1.165) is 5.69 Å². The third-order valence-electron chi connectivity index (χ3n) is 3.25. The van der Waals surface area contributed by atoms with Crippen molar-refractivity contribution in [3.63, 3.8) is 0 Å². The van der Waals surface area contributed by atoms with E-state index < -0.39 is 0 Å². The fourth-order valence-electron chi connectivity index (χ4n) is 2.24. The van der Waals surface area contributed by atoms with Gasteiger partial charge in [-0.1, -0.05) is 12.1 Å². The van der Waals surface area contributed by atoms with Crippen molar-refractivity contribution in [1.82, 2.24) is 9.38 Å². The lowest BCUT2D eigenvalue weighted by Crippen LogP contribution is -2.20. The minimum absolute atomic E-state index is 0.161. The first kappa shape index (κ1) is 14.6.